The average Bonchev–Trinajstić information content (AvgIpc) is 2.45. The van der Waals surface area contributed by atoms with E-state index in [0.29, 0.717) is 6.61 Å². The summed E-state index contributed by atoms with van der Waals surface area (Å²) >= 11 is 3.53. The molecular weight excluding hydrogens is 326 g/mol. The monoisotopic (exact) mass is 347 g/mol. The summed E-state index contributed by atoms with van der Waals surface area (Å²) in [5, 5.41) is 3.37. The number of anilines is 1. The number of rotatable bonds is 5. The highest BCUT2D eigenvalue weighted by molar-refractivity contribution is 9.10. The topological polar surface area (TPSA) is 21.3 Å². The lowest BCUT2D eigenvalue weighted by Crippen LogP contribution is -2.16. The molecule has 0 saturated heterocycles. The van der Waals surface area contributed by atoms with Crippen LogP contribution in [0.5, 0.6) is 5.75 Å². The van der Waals surface area contributed by atoms with Crippen LogP contribution in [0.4, 0.5) is 5.69 Å². The summed E-state index contributed by atoms with van der Waals surface area (Å²) in [6, 6.07) is 16.4. The molecule has 2 rings (SSSR count). The van der Waals surface area contributed by atoms with Gasteiger partial charge in [0.2, 0.25) is 0 Å². The Bertz CT molecular complexity index is 590. The predicted octanol–water partition coefficient (Wildman–Crippen LogP) is 5.24. The van der Waals surface area contributed by atoms with E-state index >= 15 is 0 Å². The first-order chi connectivity index (χ1) is 9.98. The second-order valence-corrected chi connectivity index (χ2v) is 6.86. The molecule has 0 heterocycles. The van der Waals surface area contributed by atoms with Gasteiger partial charge in [0.05, 0.1) is 0 Å². The Morgan fingerprint density at radius 3 is 2.38 bits per heavy atom. The fourth-order valence-corrected chi connectivity index (χ4v) is 2.59. The lowest BCUT2D eigenvalue weighted by molar-refractivity contribution is 0.323. The zero-order valence-corrected chi connectivity index (χ0v) is 14.4. The maximum Gasteiger partial charge on any atom is 0.123 e. The largest absolute Gasteiger partial charge is 0.491 e. The molecule has 1 N–H and O–H groups in total. The van der Waals surface area contributed by atoms with Crippen molar-refractivity contribution < 1.29 is 4.74 Å². The van der Waals surface area contributed by atoms with Gasteiger partial charge in [0.25, 0.3) is 0 Å². The maximum atomic E-state index is 5.95. The van der Waals surface area contributed by atoms with Gasteiger partial charge in [-0.25, -0.2) is 0 Å². The molecule has 0 fully saturated rings. The summed E-state index contributed by atoms with van der Waals surface area (Å²) < 4.78 is 7.02. The van der Waals surface area contributed by atoms with E-state index in [-0.39, 0.29) is 5.41 Å². The van der Waals surface area contributed by atoms with E-state index in [1.165, 1.54) is 5.56 Å². The first-order valence-electron chi connectivity index (χ1n) is 7.19. The van der Waals surface area contributed by atoms with Crippen LogP contribution in [0.3, 0.4) is 0 Å². The van der Waals surface area contributed by atoms with Gasteiger partial charge in [-0.15, -0.1) is 0 Å². The summed E-state index contributed by atoms with van der Waals surface area (Å²) in [6.07, 6.45) is 0. The fourth-order valence-electron chi connectivity index (χ4n) is 2.16. The fraction of sp³-hybridized carbons (Fsp3) is 0.333. The van der Waals surface area contributed by atoms with Gasteiger partial charge < -0.3 is 10.1 Å². The van der Waals surface area contributed by atoms with Gasteiger partial charge in [-0.1, -0.05) is 51.1 Å². The summed E-state index contributed by atoms with van der Waals surface area (Å²) in [6.45, 7) is 8.01. The molecule has 0 atom stereocenters. The minimum Gasteiger partial charge on any atom is -0.491 e. The van der Waals surface area contributed by atoms with E-state index in [1.54, 1.807) is 0 Å². The van der Waals surface area contributed by atoms with Gasteiger partial charge in [-0.2, -0.15) is 0 Å². The number of ether oxygens (including phenoxy) is 1. The Morgan fingerprint density at radius 1 is 1.00 bits per heavy atom. The third kappa shape index (κ3) is 4.50. The standard InChI is InChI=1S/C18H22BrNO/c1-18(2,3)14-8-4-7-11-17(14)21-13-12-20-16-10-6-5-9-15(16)19/h4-11,20H,12-13H2,1-3H3. The van der Waals surface area contributed by atoms with E-state index in [4.69, 9.17) is 4.74 Å². The van der Waals surface area contributed by atoms with E-state index in [2.05, 4.69) is 54.2 Å². The van der Waals surface area contributed by atoms with Crippen molar-refractivity contribution in [2.24, 2.45) is 0 Å². The van der Waals surface area contributed by atoms with Crippen LogP contribution in [0.25, 0.3) is 0 Å². The second-order valence-electron chi connectivity index (χ2n) is 6.00. The van der Waals surface area contributed by atoms with Gasteiger partial charge in [0.1, 0.15) is 12.4 Å². The molecule has 0 bridgehead atoms. The highest BCUT2D eigenvalue weighted by Gasteiger charge is 2.18. The van der Waals surface area contributed by atoms with Crippen molar-refractivity contribution in [2.75, 3.05) is 18.5 Å². The van der Waals surface area contributed by atoms with Crippen molar-refractivity contribution >= 4 is 21.6 Å². The first-order valence-corrected chi connectivity index (χ1v) is 7.98. The summed E-state index contributed by atoms with van der Waals surface area (Å²) in [5.41, 5.74) is 2.42. The predicted molar refractivity (Wildman–Crippen MR) is 93.3 cm³/mol. The minimum atomic E-state index is 0.0898. The van der Waals surface area contributed by atoms with Crippen LogP contribution in [-0.2, 0) is 5.41 Å². The molecule has 0 saturated carbocycles. The van der Waals surface area contributed by atoms with E-state index < -0.39 is 0 Å². The Hall–Kier alpha value is -1.48. The third-order valence-electron chi connectivity index (χ3n) is 3.24. The molecule has 2 nitrogen and oxygen atoms in total. The van der Waals surface area contributed by atoms with Crippen molar-refractivity contribution in [3.05, 3.63) is 58.6 Å². The van der Waals surface area contributed by atoms with Gasteiger partial charge in [0.15, 0.2) is 0 Å². The van der Waals surface area contributed by atoms with Crippen molar-refractivity contribution in [2.45, 2.75) is 26.2 Å². The van der Waals surface area contributed by atoms with Crippen LogP contribution in [-0.4, -0.2) is 13.2 Å². The second kappa shape index (κ2) is 6.99. The zero-order chi connectivity index (χ0) is 15.3. The third-order valence-corrected chi connectivity index (χ3v) is 3.94. The molecule has 3 heteroatoms. The Kier molecular flexibility index (Phi) is 5.29. The molecule has 21 heavy (non-hydrogen) atoms. The van der Waals surface area contributed by atoms with Crippen molar-refractivity contribution in [3.63, 3.8) is 0 Å². The quantitative estimate of drug-likeness (QED) is 0.747. The highest BCUT2D eigenvalue weighted by Crippen LogP contribution is 2.30. The number of para-hydroxylation sites is 2. The van der Waals surface area contributed by atoms with Crippen LogP contribution >= 0.6 is 15.9 Å². The lowest BCUT2D eigenvalue weighted by atomic mass is 9.86. The molecule has 0 aliphatic rings. The Balaban J connectivity index is 1.91. The molecule has 0 amide bonds. The molecule has 0 aromatic heterocycles. The van der Waals surface area contributed by atoms with Crippen LogP contribution in [0.15, 0.2) is 53.0 Å². The first kappa shape index (κ1) is 15.9. The van der Waals surface area contributed by atoms with E-state index in [1.807, 2.05) is 36.4 Å². The van der Waals surface area contributed by atoms with Crippen LogP contribution in [0.1, 0.15) is 26.3 Å². The molecule has 0 aliphatic carbocycles. The molecule has 0 unspecified atom stereocenters. The smallest absolute Gasteiger partial charge is 0.123 e. The van der Waals surface area contributed by atoms with Gasteiger partial charge >= 0.3 is 0 Å². The summed E-state index contributed by atoms with van der Waals surface area (Å²) in [4.78, 5) is 0. The van der Waals surface area contributed by atoms with Crippen molar-refractivity contribution in [1.29, 1.82) is 0 Å². The van der Waals surface area contributed by atoms with Crippen molar-refractivity contribution in [1.82, 2.24) is 0 Å². The van der Waals surface area contributed by atoms with Gasteiger partial charge in [0, 0.05) is 16.7 Å². The van der Waals surface area contributed by atoms with Gasteiger partial charge in [-0.05, 0) is 45.1 Å². The summed E-state index contributed by atoms with van der Waals surface area (Å²) in [5.74, 6) is 0.971. The van der Waals surface area contributed by atoms with Crippen LogP contribution in [0, 0.1) is 0 Å². The molecule has 2 aromatic carbocycles. The highest BCUT2D eigenvalue weighted by atomic mass is 79.9. The molecule has 2 aromatic rings. The minimum absolute atomic E-state index is 0.0898. The average molecular weight is 348 g/mol. The van der Waals surface area contributed by atoms with E-state index in [0.717, 1.165) is 22.5 Å². The van der Waals surface area contributed by atoms with Crippen LogP contribution < -0.4 is 10.1 Å². The van der Waals surface area contributed by atoms with Crippen molar-refractivity contribution in [3.8, 4) is 5.75 Å². The number of halogens is 1. The number of hydrogen-bond donors (Lipinski definition) is 1. The normalized spacial score (nSPS) is 11.2. The zero-order valence-electron chi connectivity index (χ0n) is 12.8. The maximum absolute atomic E-state index is 5.95. The number of benzene rings is 2. The molecule has 112 valence electrons. The Morgan fingerprint density at radius 2 is 1.67 bits per heavy atom. The molecule has 0 spiro atoms. The Labute approximate surface area is 135 Å². The van der Waals surface area contributed by atoms with E-state index in [9.17, 15) is 0 Å². The van der Waals surface area contributed by atoms with Crippen LogP contribution in [0.2, 0.25) is 0 Å². The van der Waals surface area contributed by atoms with Gasteiger partial charge in [-0.3, -0.25) is 0 Å². The number of nitrogens with one attached hydrogen (secondary N) is 1. The molecule has 0 radical (unpaired) electrons. The SMILES string of the molecule is CC(C)(C)c1ccccc1OCCNc1ccccc1Br. The summed E-state index contributed by atoms with van der Waals surface area (Å²) in [7, 11) is 0. The number of hydrogen-bond acceptors (Lipinski definition) is 2. The molecule has 0 aliphatic heterocycles. The molecular formula is C18H22BrNO. The lowest BCUT2D eigenvalue weighted by Gasteiger charge is -2.22.